The number of ether oxygens (including phenoxy) is 1. The van der Waals surface area contributed by atoms with Gasteiger partial charge in [-0.25, -0.2) is 0 Å². The maximum Gasteiger partial charge on any atom is 0.387 e. The molecule has 0 saturated carbocycles. The van der Waals surface area contributed by atoms with E-state index in [1.807, 2.05) is 0 Å². The molecule has 4 aromatic carbocycles. The summed E-state index contributed by atoms with van der Waals surface area (Å²) in [6.07, 6.45) is 3.53. The fourth-order valence-corrected chi connectivity index (χ4v) is 3.67. The molecule has 0 bridgehead atoms. The highest BCUT2D eigenvalue weighted by Crippen LogP contribution is 2.31. The Morgan fingerprint density at radius 1 is 0.750 bits per heavy atom. The second-order valence-corrected chi connectivity index (χ2v) is 7.06. The third-order valence-electron chi connectivity index (χ3n) is 5.13. The van der Waals surface area contributed by atoms with Gasteiger partial charge in [-0.15, -0.1) is 0 Å². The third-order valence-corrected chi connectivity index (χ3v) is 5.13. The van der Waals surface area contributed by atoms with Crippen LogP contribution < -0.4 is 4.74 Å². The number of halogens is 2. The molecule has 0 aliphatic rings. The Labute approximate surface area is 163 Å². The monoisotopic (exact) mass is 376 g/mol. The molecule has 4 aromatic rings. The summed E-state index contributed by atoms with van der Waals surface area (Å²) in [5.41, 5.74) is 3.41. The van der Waals surface area contributed by atoms with Crippen molar-refractivity contribution in [1.82, 2.24) is 0 Å². The quantitative estimate of drug-likeness (QED) is 0.315. The summed E-state index contributed by atoms with van der Waals surface area (Å²) in [6, 6.07) is 24.2. The highest BCUT2D eigenvalue weighted by atomic mass is 19.3. The third kappa shape index (κ3) is 3.84. The number of hydrogen-bond donors (Lipinski definition) is 0. The van der Waals surface area contributed by atoms with E-state index in [1.54, 1.807) is 24.3 Å². The van der Waals surface area contributed by atoms with Gasteiger partial charge < -0.3 is 4.74 Å². The van der Waals surface area contributed by atoms with E-state index in [0.29, 0.717) is 0 Å². The Hall–Kier alpha value is -2.94. The molecule has 0 saturated heterocycles. The molecule has 4 rings (SSSR count). The lowest BCUT2D eigenvalue weighted by Crippen LogP contribution is -2.01. The van der Waals surface area contributed by atoms with Crippen LogP contribution in [0.1, 0.15) is 25.3 Å². The smallest absolute Gasteiger partial charge is 0.387 e. The molecule has 0 N–H and O–H groups in total. The Morgan fingerprint density at radius 2 is 1.39 bits per heavy atom. The first-order chi connectivity index (χ1) is 13.6. The van der Waals surface area contributed by atoms with Crippen LogP contribution in [0.2, 0.25) is 0 Å². The van der Waals surface area contributed by atoms with E-state index in [4.69, 9.17) is 0 Å². The molecule has 0 fully saturated rings. The normalized spacial score (nSPS) is 11.4. The molecule has 0 aliphatic carbocycles. The van der Waals surface area contributed by atoms with Crippen LogP contribution in [0, 0.1) is 0 Å². The standard InChI is InChI=1S/C25H22F2O/c1-2-3-4-17-5-13-23-20(15-17)6-7-21-16-19(10-14-24(21)23)18-8-11-22(12-9-18)28-25(26)27/h5-16,25H,2-4H2,1H3. The van der Waals surface area contributed by atoms with Gasteiger partial charge in [-0.05, 0) is 69.3 Å². The van der Waals surface area contributed by atoms with Crippen molar-refractivity contribution in [2.24, 2.45) is 0 Å². The number of alkyl halides is 2. The van der Waals surface area contributed by atoms with Crippen LogP contribution in [0.3, 0.4) is 0 Å². The van der Waals surface area contributed by atoms with E-state index in [2.05, 4.69) is 60.2 Å². The molecule has 0 spiro atoms. The molecular formula is C25H22F2O. The Bertz CT molecular complexity index is 1100. The van der Waals surface area contributed by atoms with Crippen LogP contribution >= 0.6 is 0 Å². The summed E-state index contributed by atoms with van der Waals surface area (Å²) in [6.45, 7) is -0.590. The summed E-state index contributed by atoms with van der Waals surface area (Å²) in [5, 5.41) is 4.91. The van der Waals surface area contributed by atoms with Crippen molar-refractivity contribution in [3.63, 3.8) is 0 Å². The van der Waals surface area contributed by atoms with Gasteiger partial charge in [-0.1, -0.05) is 67.9 Å². The molecule has 0 unspecified atom stereocenters. The molecule has 28 heavy (non-hydrogen) atoms. The minimum absolute atomic E-state index is 0.171. The lowest BCUT2D eigenvalue weighted by molar-refractivity contribution is -0.0498. The summed E-state index contributed by atoms with van der Waals surface area (Å²) in [7, 11) is 0. The summed E-state index contributed by atoms with van der Waals surface area (Å²) >= 11 is 0. The number of benzene rings is 4. The molecule has 142 valence electrons. The Morgan fingerprint density at radius 3 is 2.07 bits per heavy atom. The second-order valence-electron chi connectivity index (χ2n) is 7.06. The zero-order valence-electron chi connectivity index (χ0n) is 15.8. The lowest BCUT2D eigenvalue weighted by Gasteiger charge is -2.10. The van der Waals surface area contributed by atoms with Crippen LogP contribution in [0.5, 0.6) is 5.75 Å². The molecular weight excluding hydrogens is 354 g/mol. The van der Waals surface area contributed by atoms with Gasteiger partial charge in [0.05, 0.1) is 0 Å². The Kier molecular flexibility index (Phi) is 5.25. The van der Waals surface area contributed by atoms with E-state index in [-0.39, 0.29) is 5.75 Å². The van der Waals surface area contributed by atoms with Gasteiger partial charge in [0.15, 0.2) is 0 Å². The summed E-state index contributed by atoms with van der Waals surface area (Å²) in [4.78, 5) is 0. The minimum Gasteiger partial charge on any atom is -0.435 e. The average molecular weight is 376 g/mol. The topological polar surface area (TPSA) is 9.23 Å². The molecule has 3 heteroatoms. The number of hydrogen-bond acceptors (Lipinski definition) is 1. The highest BCUT2D eigenvalue weighted by Gasteiger charge is 2.07. The van der Waals surface area contributed by atoms with Gasteiger partial charge in [0.1, 0.15) is 5.75 Å². The van der Waals surface area contributed by atoms with Gasteiger partial charge in [-0.3, -0.25) is 0 Å². The van der Waals surface area contributed by atoms with E-state index >= 15 is 0 Å². The van der Waals surface area contributed by atoms with Crippen LogP contribution in [0.15, 0.2) is 72.8 Å². The van der Waals surface area contributed by atoms with E-state index in [0.717, 1.165) is 17.5 Å². The molecule has 0 aliphatic heterocycles. The molecule has 0 radical (unpaired) electrons. The lowest BCUT2D eigenvalue weighted by atomic mass is 9.96. The van der Waals surface area contributed by atoms with Gasteiger partial charge in [0, 0.05) is 0 Å². The summed E-state index contributed by atoms with van der Waals surface area (Å²) < 4.78 is 29.0. The first kappa shape index (κ1) is 18.4. The first-order valence-corrected chi connectivity index (χ1v) is 9.65. The van der Waals surface area contributed by atoms with Gasteiger partial charge in [-0.2, -0.15) is 8.78 Å². The van der Waals surface area contributed by atoms with Crippen LogP contribution in [-0.4, -0.2) is 6.61 Å². The summed E-state index contributed by atoms with van der Waals surface area (Å²) in [5.74, 6) is 0.171. The van der Waals surface area contributed by atoms with Gasteiger partial charge in [0.25, 0.3) is 0 Å². The van der Waals surface area contributed by atoms with Crippen molar-refractivity contribution in [2.45, 2.75) is 32.8 Å². The van der Waals surface area contributed by atoms with Crippen LogP contribution in [0.4, 0.5) is 8.78 Å². The maximum absolute atomic E-state index is 12.3. The predicted molar refractivity (Wildman–Crippen MR) is 112 cm³/mol. The molecule has 0 aromatic heterocycles. The van der Waals surface area contributed by atoms with E-state index in [9.17, 15) is 8.78 Å². The van der Waals surface area contributed by atoms with Crippen molar-refractivity contribution in [2.75, 3.05) is 0 Å². The SMILES string of the molecule is CCCCc1ccc2c(ccc3cc(-c4ccc(OC(F)F)cc4)ccc32)c1. The van der Waals surface area contributed by atoms with Crippen molar-refractivity contribution in [1.29, 1.82) is 0 Å². The van der Waals surface area contributed by atoms with Crippen molar-refractivity contribution >= 4 is 21.5 Å². The highest BCUT2D eigenvalue weighted by molar-refractivity contribution is 6.08. The first-order valence-electron chi connectivity index (χ1n) is 9.65. The van der Waals surface area contributed by atoms with Crippen LogP contribution in [-0.2, 0) is 6.42 Å². The van der Waals surface area contributed by atoms with E-state index in [1.165, 1.54) is 39.9 Å². The predicted octanol–water partition coefficient (Wildman–Crippen LogP) is 7.60. The zero-order valence-corrected chi connectivity index (χ0v) is 15.8. The maximum atomic E-state index is 12.3. The largest absolute Gasteiger partial charge is 0.435 e. The number of fused-ring (bicyclic) bond motifs is 3. The van der Waals surface area contributed by atoms with Crippen LogP contribution in [0.25, 0.3) is 32.7 Å². The van der Waals surface area contributed by atoms with Crippen molar-refractivity contribution in [3.05, 3.63) is 78.4 Å². The fraction of sp³-hybridized carbons (Fsp3) is 0.200. The number of aryl methyl sites for hydroxylation is 1. The molecule has 1 nitrogen and oxygen atoms in total. The van der Waals surface area contributed by atoms with Crippen molar-refractivity contribution < 1.29 is 13.5 Å². The zero-order chi connectivity index (χ0) is 19.5. The average Bonchev–Trinajstić information content (AvgIpc) is 2.71. The number of unbranched alkanes of at least 4 members (excludes halogenated alkanes) is 1. The second kappa shape index (κ2) is 7.97. The molecule has 0 amide bonds. The number of rotatable bonds is 6. The Balaban J connectivity index is 1.68. The molecule has 0 atom stereocenters. The van der Waals surface area contributed by atoms with E-state index < -0.39 is 6.61 Å². The molecule has 0 heterocycles. The van der Waals surface area contributed by atoms with Gasteiger partial charge >= 0.3 is 6.61 Å². The van der Waals surface area contributed by atoms with Gasteiger partial charge in [0.2, 0.25) is 0 Å². The fourth-order valence-electron chi connectivity index (χ4n) is 3.67. The van der Waals surface area contributed by atoms with Crippen molar-refractivity contribution in [3.8, 4) is 16.9 Å². The minimum atomic E-state index is -2.80.